The lowest BCUT2D eigenvalue weighted by molar-refractivity contribution is -0.115. The van der Waals surface area contributed by atoms with Crippen LogP contribution in [0.4, 0.5) is 13.9 Å². The van der Waals surface area contributed by atoms with E-state index in [9.17, 15) is 13.6 Å². The molecule has 0 aliphatic carbocycles. The topological polar surface area (TPSA) is 64.4 Å². The summed E-state index contributed by atoms with van der Waals surface area (Å²) in [5.74, 6) is -1.44. The monoisotopic (exact) mass is 414 g/mol. The van der Waals surface area contributed by atoms with Crippen LogP contribution in [0.25, 0.3) is 22.2 Å². The lowest BCUT2D eigenvalue weighted by atomic mass is 10.1. The van der Waals surface area contributed by atoms with Gasteiger partial charge in [0.2, 0.25) is 5.91 Å². The molecule has 2 heterocycles. The molecule has 0 spiro atoms. The third-order valence-electron chi connectivity index (χ3n) is 4.45. The van der Waals surface area contributed by atoms with E-state index in [2.05, 4.69) is 10.3 Å². The van der Waals surface area contributed by atoms with Gasteiger partial charge < -0.3 is 14.5 Å². The van der Waals surface area contributed by atoms with Crippen LogP contribution in [0.2, 0.25) is 0 Å². The van der Waals surface area contributed by atoms with Crippen molar-refractivity contribution in [3.8, 4) is 17.0 Å². The van der Waals surface area contributed by atoms with Gasteiger partial charge in [-0.15, -0.1) is 11.3 Å². The Kier molecular flexibility index (Phi) is 5.02. The van der Waals surface area contributed by atoms with Gasteiger partial charge in [0, 0.05) is 27.5 Å². The molecule has 4 rings (SSSR count). The van der Waals surface area contributed by atoms with Crippen molar-refractivity contribution in [1.29, 1.82) is 0 Å². The molecule has 0 atom stereocenters. The quantitative estimate of drug-likeness (QED) is 0.479. The first kappa shape index (κ1) is 19.1. The fourth-order valence-corrected chi connectivity index (χ4v) is 3.88. The summed E-state index contributed by atoms with van der Waals surface area (Å²) in [5.41, 5.74) is 2.34. The lowest BCUT2D eigenvalue weighted by Crippen LogP contribution is -2.13. The average Bonchev–Trinajstić information content (AvgIpc) is 3.26. The number of fused-ring (bicyclic) bond motifs is 1. The highest BCUT2D eigenvalue weighted by Gasteiger charge is 2.16. The second kappa shape index (κ2) is 7.63. The summed E-state index contributed by atoms with van der Waals surface area (Å²) in [7, 11) is 1.57. The number of aromatic nitrogens is 1. The van der Waals surface area contributed by atoms with Crippen molar-refractivity contribution in [3.63, 3.8) is 0 Å². The first-order valence-electron chi connectivity index (χ1n) is 8.71. The summed E-state index contributed by atoms with van der Waals surface area (Å²) in [6.07, 6.45) is 1.65. The summed E-state index contributed by atoms with van der Waals surface area (Å²) in [6, 6.07) is 9.01. The first-order chi connectivity index (χ1) is 13.9. The number of nitrogens with one attached hydrogen (secondary N) is 1. The SMILES string of the molecule is COc1ccc2c(CC(=O)Nc3nc(-c4ccc(F)c(F)c4)c(C)s3)coc2c1. The highest BCUT2D eigenvalue weighted by Crippen LogP contribution is 2.31. The molecule has 0 unspecified atom stereocenters. The van der Waals surface area contributed by atoms with E-state index in [1.807, 2.05) is 6.07 Å². The zero-order chi connectivity index (χ0) is 20.5. The molecular weight excluding hydrogens is 398 g/mol. The number of furan rings is 1. The molecule has 2 aromatic heterocycles. The van der Waals surface area contributed by atoms with Crippen molar-refractivity contribution < 1.29 is 22.7 Å². The third-order valence-corrected chi connectivity index (χ3v) is 5.34. The van der Waals surface area contributed by atoms with E-state index < -0.39 is 11.6 Å². The summed E-state index contributed by atoms with van der Waals surface area (Å²) < 4.78 is 37.3. The second-order valence-electron chi connectivity index (χ2n) is 6.40. The molecule has 5 nitrogen and oxygen atoms in total. The Balaban J connectivity index is 1.51. The van der Waals surface area contributed by atoms with Crippen LogP contribution in [0.15, 0.2) is 47.1 Å². The van der Waals surface area contributed by atoms with Crippen molar-refractivity contribution in [2.24, 2.45) is 0 Å². The summed E-state index contributed by atoms with van der Waals surface area (Å²) in [4.78, 5) is 17.6. The van der Waals surface area contributed by atoms with Crippen LogP contribution in [-0.2, 0) is 11.2 Å². The molecule has 1 amide bonds. The van der Waals surface area contributed by atoms with E-state index in [0.717, 1.165) is 28.0 Å². The zero-order valence-electron chi connectivity index (χ0n) is 15.6. The normalized spacial score (nSPS) is 11.0. The van der Waals surface area contributed by atoms with Crippen LogP contribution >= 0.6 is 11.3 Å². The molecule has 0 aliphatic heterocycles. The molecule has 148 valence electrons. The Morgan fingerprint density at radius 2 is 2.03 bits per heavy atom. The number of halogens is 2. The fourth-order valence-electron chi connectivity index (χ4n) is 3.02. The number of benzene rings is 2. The minimum Gasteiger partial charge on any atom is -0.497 e. The van der Waals surface area contributed by atoms with Gasteiger partial charge in [-0.3, -0.25) is 4.79 Å². The maximum absolute atomic E-state index is 13.5. The van der Waals surface area contributed by atoms with Crippen LogP contribution in [0.1, 0.15) is 10.4 Å². The molecule has 1 N–H and O–H groups in total. The van der Waals surface area contributed by atoms with E-state index in [-0.39, 0.29) is 12.3 Å². The molecule has 0 bridgehead atoms. The van der Waals surface area contributed by atoms with Crippen LogP contribution in [-0.4, -0.2) is 18.0 Å². The molecule has 0 radical (unpaired) electrons. The molecule has 4 aromatic rings. The van der Waals surface area contributed by atoms with E-state index in [4.69, 9.17) is 9.15 Å². The Morgan fingerprint density at radius 1 is 1.21 bits per heavy atom. The number of methoxy groups -OCH3 is 1. The van der Waals surface area contributed by atoms with Crippen LogP contribution < -0.4 is 10.1 Å². The Hall–Kier alpha value is -3.26. The molecular formula is C21H16F2N2O3S. The lowest BCUT2D eigenvalue weighted by Gasteiger charge is -2.02. The van der Waals surface area contributed by atoms with Crippen molar-refractivity contribution in [1.82, 2.24) is 4.98 Å². The Bertz CT molecular complexity index is 1220. The van der Waals surface area contributed by atoms with Crippen molar-refractivity contribution in [2.75, 3.05) is 12.4 Å². The number of ether oxygens (including phenoxy) is 1. The number of rotatable bonds is 5. The van der Waals surface area contributed by atoms with E-state index in [0.29, 0.717) is 27.7 Å². The van der Waals surface area contributed by atoms with Gasteiger partial charge >= 0.3 is 0 Å². The van der Waals surface area contributed by atoms with Gasteiger partial charge in [0.15, 0.2) is 16.8 Å². The number of nitrogens with zero attached hydrogens (tertiary/aromatic N) is 1. The highest BCUT2D eigenvalue weighted by molar-refractivity contribution is 7.16. The molecule has 0 saturated carbocycles. The molecule has 2 aromatic carbocycles. The van der Waals surface area contributed by atoms with Crippen LogP contribution in [0.5, 0.6) is 5.75 Å². The third kappa shape index (κ3) is 3.84. The Morgan fingerprint density at radius 3 is 2.79 bits per heavy atom. The molecule has 0 aliphatic rings. The van der Waals surface area contributed by atoms with Gasteiger partial charge in [-0.2, -0.15) is 0 Å². The molecule has 8 heteroatoms. The van der Waals surface area contributed by atoms with Crippen molar-refractivity contribution in [2.45, 2.75) is 13.3 Å². The van der Waals surface area contributed by atoms with Crippen LogP contribution in [0.3, 0.4) is 0 Å². The summed E-state index contributed by atoms with van der Waals surface area (Å²) in [6.45, 7) is 1.81. The first-order valence-corrected chi connectivity index (χ1v) is 9.53. The second-order valence-corrected chi connectivity index (χ2v) is 7.60. The number of carbonyl (C=O) groups excluding carboxylic acids is 1. The van der Waals surface area contributed by atoms with E-state index in [1.54, 1.807) is 32.4 Å². The minimum atomic E-state index is -0.941. The van der Waals surface area contributed by atoms with Gasteiger partial charge in [-0.05, 0) is 37.3 Å². The van der Waals surface area contributed by atoms with Gasteiger partial charge in [-0.25, -0.2) is 13.8 Å². The maximum atomic E-state index is 13.5. The number of thiazole rings is 1. The largest absolute Gasteiger partial charge is 0.497 e. The highest BCUT2D eigenvalue weighted by atomic mass is 32.1. The predicted molar refractivity (Wildman–Crippen MR) is 107 cm³/mol. The van der Waals surface area contributed by atoms with Gasteiger partial charge in [0.05, 0.1) is 25.5 Å². The summed E-state index contributed by atoms with van der Waals surface area (Å²) >= 11 is 1.27. The van der Waals surface area contributed by atoms with Crippen molar-refractivity contribution >= 4 is 33.3 Å². The van der Waals surface area contributed by atoms with E-state index >= 15 is 0 Å². The molecule has 0 fully saturated rings. The Labute approximate surface area is 168 Å². The van der Waals surface area contributed by atoms with Crippen molar-refractivity contribution in [3.05, 3.63) is 64.7 Å². The number of hydrogen-bond acceptors (Lipinski definition) is 5. The molecule has 29 heavy (non-hydrogen) atoms. The zero-order valence-corrected chi connectivity index (χ0v) is 16.4. The van der Waals surface area contributed by atoms with Gasteiger partial charge in [0.25, 0.3) is 0 Å². The number of anilines is 1. The summed E-state index contributed by atoms with van der Waals surface area (Å²) in [5, 5.41) is 3.98. The molecule has 0 saturated heterocycles. The standard InChI is InChI=1S/C21H16F2N2O3S/c1-11-20(12-3-6-16(22)17(23)7-12)25-21(29-11)24-19(26)8-13-10-28-18-9-14(27-2)4-5-15(13)18/h3-7,9-10H,8H2,1-2H3,(H,24,25,26). The van der Waals surface area contributed by atoms with E-state index in [1.165, 1.54) is 17.4 Å². The predicted octanol–water partition coefficient (Wildman–Crippen LogP) is 5.33. The minimum absolute atomic E-state index is 0.110. The van der Waals surface area contributed by atoms with Crippen LogP contribution in [0, 0.1) is 18.6 Å². The average molecular weight is 414 g/mol. The fraction of sp³-hybridized carbons (Fsp3) is 0.143. The maximum Gasteiger partial charge on any atom is 0.230 e. The number of hydrogen-bond donors (Lipinski definition) is 1. The van der Waals surface area contributed by atoms with Gasteiger partial charge in [-0.1, -0.05) is 0 Å². The number of amides is 1. The smallest absolute Gasteiger partial charge is 0.230 e. The number of carbonyl (C=O) groups is 1. The van der Waals surface area contributed by atoms with Gasteiger partial charge in [0.1, 0.15) is 11.3 Å². The number of aryl methyl sites for hydroxylation is 1.